The second-order valence-corrected chi connectivity index (χ2v) is 7.29. The molecule has 2 nitrogen and oxygen atoms in total. The third kappa shape index (κ3) is 2.68. The van der Waals surface area contributed by atoms with E-state index in [2.05, 4.69) is 43.0 Å². The van der Waals surface area contributed by atoms with Crippen LogP contribution in [0.1, 0.15) is 42.9 Å². The Hall–Kier alpha value is -1.64. The van der Waals surface area contributed by atoms with E-state index in [1.165, 1.54) is 54.0 Å². The van der Waals surface area contributed by atoms with Crippen LogP contribution in [0, 0.1) is 11.8 Å². The smallest absolute Gasteiger partial charge is 0.0992 e. The molecule has 0 bridgehead atoms. The molecule has 2 aromatic carbocycles. The molecule has 1 fully saturated rings. The lowest BCUT2D eigenvalue weighted by Gasteiger charge is -2.43. The number of ether oxygens (including phenoxy) is 1. The van der Waals surface area contributed by atoms with Crippen LogP contribution in [0.25, 0.3) is 10.8 Å². The van der Waals surface area contributed by atoms with Crippen molar-refractivity contribution in [1.82, 2.24) is 0 Å². The molecule has 4 rings (SSSR count). The lowest BCUT2D eigenvalue weighted by Crippen LogP contribution is -2.36. The normalized spacial score (nSPS) is 27.3. The van der Waals surface area contributed by atoms with Gasteiger partial charge in [0.1, 0.15) is 0 Å². The van der Waals surface area contributed by atoms with Crippen molar-refractivity contribution in [1.29, 1.82) is 0 Å². The topological polar surface area (TPSA) is 29.5 Å². The number of hydrogen-bond donors (Lipinski definition) is 1. The minimum Gasteiger partial charge on any atom is -0.393 e. The zero-order valence-electron chi connectivity index (χ0n) is 14.2. The van der Waals surface area contributed by atoms with Gasteiger partial charge in [-0.1, -0.05) is 55.3 Å². The number of benzene rings is 2. The summed E-state index contributed by atoms with van der Waals surface area (Å²) >= 11 is 0. The molecule has 0 radical (unpaired) electrons. The Labute approximate surface area is 144 Å². The molecule has 0 amide bonds. The number of hydrogen-bond acceptors (Lipinski definition) is 2. The van der Waals surface area contributed by atoms with Gasteiger partial charge >= 0.3 is 0 Å². The van der Waals surface area contributed by atoms with Crippen LogP contribution in [0.2, 0.25) is 0 Å². The second-order valence-electron chi connectivity index (χ2n) is 7.29. The van der Waals surface area contributed by atoms with Crippen molar-refractivity contribution < 1.29 is 9.84 Å². The largest absolute Gasteiger partial charge is 0.393 e. The van der Waals surface area contributed by atoms with Crippen molar-refractivity contribution in [2.45, 2.75) is 44.3 Å². The van der Waals surface area contributed by atoms with Crippen molar-refractivity contribution in [3.8, 4) is 0 Å². The number of aliphatic hydroxyl groups excluding tert-OH is 1. The molecule has 2 aromatic rings. The molecule has 126 valence electrons. The van der Waals surface area contributed by atoms with E-state index >= 15 is 0 Å². The Kier molecular flexibility index (Phi) is 4.43. The second kappa shape index (κ2) is 6.70. The number of rotatable bonds is 4. The van der Waals surface area contributed by atoms with Crippen LogP contribution < -0.4 is 0 Å². The Morgan fingerprint density at radius 3 is 2.83 bits per heavy atom. The zero-order chi connectivity index (χ0) is 16.5. The fourth-order valence-electron chi connectivity index (χ4n) is 4.77. The van der Waals surface area contributed by atoms with Gasteiger partial charge in [-0.05, 0) is 53.0 Å². The van der Waals surface area contributed by atoms with Gasteiger partial charge in [-0.2, -0.15) is 0 Å². The van der Waals surface area contributed by atoms with Gasteiger partial charge in [0, 0.05) is 0 Å². The highest BCUT2D eigenvalue weighted by Gasteiger charge is 2.40. The molecule has 0 aromatic heterocycles. The summed E-state index contributed by atoms with van der Waals surface area (Å²) in [5.74, 6) is 1.27. The fraction of sp³-hybridized carbons (Fsp3) is 0.455. The molecule has 0 spiro atoms. The van der Waals surface area contributed by atoms with Crippen LogP contribution in [-0.4, -0.2) is 17.8 Å². The van der Waals surface area contributed by atoms with E-state index in [0.29, 0.717) is 11.8 Å². The summed E-state index contributed by atoms with van der Waals surface area (Å²) in [6, 6.07) is 13.1. The average molecular weight is 322 g/mol. The van der Waals surface area contributed by atoms with Crippen LogP contribution in [0.15, 0.2) is 49.1 Å². The van der Waals surface area contributed by atoms with Gasteiger partial charge < -0.3 is 9.84 Å². The van der Waals surface area contributed by atoms with Crippen LogP contribution in [-0.2, 0) is 11.2 Å². The Morgan fingerprint density at radius 2 is 2.00 bits per heavy atom. The maximum atomic E-state index is 9.62. The highest BCUT2D eigenvalue weighted by atomic mass is 16.5. The molecule has 1 N–H and O–H groups in total. The summed E-state index contributed by atoms with van der Waals surface area (Å²) in [5.41, 5.74) is 2.79. The molecule has 0 aliphatic heterocycles. The first kappa shape index (κ1) is 15.9. The first-order chi connectivity index (χ1) is 11.8. The maximum Gasteiger partial charge on any atom is 0.0992 e. The summed E-state index contributed by atoms with van der Waals surface area (Å²) in [4.78, 5) is 0. The summed E-state index contributed by atoms with van der Waals surface area (Å²) in [6.45, 7) is 3.83. The Morgan fingerprint density at radius 1 is 1.17 bits per heavy atom. The van der Waals surface area contributed by atoms with Crippen molar-refractivity contribution >= 4 is 10.8 Å². The third-order valence-electron chi connectivity index (χ3n) is 5.95. The van der Waals surface area contributed by atoms with E-state index in [1.807, 2.05) is 0 Å². The minimum atomic E-state index is -0.289. The molecule has 4 atom stereocenters. The van der Waals surface area contributed by atoms with Gasteiger partial charge in [-0.15, -0.1) is 6.58 Å². The van der Waals surface area contributed by atoms with E-state index in [9.17, 15) is 5.11 Å². The van der Waals surface area contributed by atoms with Gasteiger partial charge in [0.2, 0.25) is 0 Å². The van der Waals surface area contributed by atoms with Crippen molar-refractivity contribution in [2.24, 2.45) is 11.8 Å². The van der Waals surface area contributed by atoms with E-state index in [1.54, 1.807) is 6.08 Å². The number of aliphatic hydroxyl groups is 1. The highest BCUT2D eigenvalue weighted by molar-refractivity contribution is 5.87. The van der Waals surface area contributed by atoms with Gasteiger partial charge in [-0.3, -0.25) is 0 Å². The molecule has 2 aliphatic rings. The summed E-state index contributed by atoms with van der Waals surface area (Å²) < 4.78 is 6.43. The van der Waals surface area contributed by atoms with Crippen LogP contribution in [0.3, 0.4) is 0 Å². The Balaban J connectivity index is 1.84. The first-order valence-electron chi connectivity index (χ1n) is 9.21. The summed E-state index contributed by atoms with van der Waals surface area (Å²) in [7, 11) is 0. The molecule has 1 saturated carbocycles. The molecular weight excluding hydrogens is 296 g/mol. The molecule has 2 heteroatoms. The average Bonchev–Trinajstić information content (AvgIpc) is 2.65. The van der Waals surface area contributed by atoms with Crippen molar-refractivity contribution in [2.75, 3.05) is 6.61 Å². The fourth-order valence-corrected chi connectivity index (χ4v) is 4.77. The molecule has 24 heavy (non-hydrogen) atoms. The van der Waals surface area contributed by atoms with Crippen LogP contribution in [0.5, 0.6) is 0 Å². The van der Waals surface area contributed by atoms with E-state index in [0.717, 1.165) is 0 Å². The molecule has 4 unspecified atom stereocenters. The molecule has 0 heterocycles. The van der Waals surface area contributed by atoms with E-state index in [4.69, 9.17) is 4.74 Å². The van der Waals surface area contributed by atoms with Crippen molar-refractivity contribution in [3.05, 3.63) is 60.2 Å². The van der Waals surface area contributed by atoms with Gasteiger partial charge in [0.25, 0.3) is 0 Å². The zero-order valence-corrected chi connectivity index (χ0v) is 14.2. The molecule has 0 saturated heterocycles. The monoisotopic (exact) mass is 322 g/mol. The Bertz CT molecular complexity index is 736. The van der Waals surface area contributed by atoms with Crippen LogP contribution >= 0.6 is 0 Å². The predicted molar refractivity (Wildman–Crippen MR) is 98.0 cm³/mol. The first-order valence-corrected chi connectivity index (χ1v) is 9.21. The van der Waals surface area contributed by atoms with E-state index < -0.39 is 0 Å². The SMILES string of the molecule is C=CC(CO)OC1c2c(ccc3ccccc23)CC2CCCCC21. The van der Waals surface area contributed by atoms with E-state index in [-0.39, 0.29) is 18.8 Å². The third-order valence-corrected chi connectivity index (χ3v) is 5.95. The highest BCUT2D eigenvalue weighted by Crippen LogP contribution is 2.49. The van der Waals surface area contributed by atoms with Gasteiger partial charge in [-0.25, -0.2) is 0 Å². The minimum absolute atomic E-state index is 0.00249. The molecule has 2 aliphatic carbocycles. The predicted octanol–water partition coefficient (Wildman–Crippen LogP) is 4.81. The molecular formula is C22H26O2. The summed E-state index contributed by atoms with van der Waals surface area (Å²) in [5, 5.41) is 12.2. The maximum absolute atomic E-state index is 9.62. The van der Waals surface area contributed by atoms with Gasteiger partial charge in [0.15, 0.2) is 0 Å². The van der Waals surface area contributed by atoms with Gasteiger partial charge in [0.05, 0.1) is 18.8 Å². The standard InChI is InChI=1S/C22H26O2/c1-2-18(14-23)24-22-20-10-6-4-8-16(20)13-17-12-11-15-7-3-5-9-19(15)21(17)22/h2-3,5,7,9,11-12,16,18,20,22-23H,1,4,6,8,10,13-14H2. The van der Waals surface area contributed by atoms with Crippen molar-refractivity contribution in [3.63, 3.8) is 0 Å². The lowest BCUT2D eigenvalue weighted by atomic mass is 9.66. The quantitative estimate of drug-likeness (QED) is 0.819. The summed E-state index contributed by atoms with van der Waals surface area (Å²) in [6.07, 6.45) is 7.84. The van der Waals surface area contributed by atoms with Crippen LogP contribution in [0.4, 0.5) is 0 Å². The number of fused-ring (bicyclic) bond motifs is 4. The lowest BCUT2D eigenvalue weighted by molar-refractivity contribution is -0.0714.